The summed E-state index contributed by atoms with van der Waals surface area (Å²) in [6.45, 7) is 0. The molecule has 0 spiro atoms. The van der Waals surface area contributed by atoms with Gasteiger partial charge in [0, 0.05) is 28.3 Å². The van der Waals surface area contributed by atoms with Crippen LogP contribution in [0, 0.1) is 0 Å². The van der Waals surface area contributed by atoms with Gasteiger partial charge in [-0.1, -0.05) is 0 Å². The first-order valence-electron chi connectivity index (χ1n) is 5.84. The largest absolute Gasteiger partial charge is 0.368 e. The number of hydrogen-bond donors (Lipinski definition) is 2. The average molecular weight is 282 g/mol. The summed E-state index contributed by atoms with van der Waals surface area (Å²) in [6.07, 6.45) is 1.84. The first-order chi connectivity index (χ1) is 8.72. The van der Waals surface area contributed by atoms with E-state index in [1.807, 2.05) is 11.4 Å². The van der Waals surface area contributed by atoms with Crippen molar-refractivity contribution in [3.05, 3.63) is 11.4 Å². The summed E-state index contributed by atoms with van der Waals surface area (Å²) in [4.78, 5) is 9.38. The van der Waals surface area contributed by atoms with Crippen molar-refractivity contribution in [2.45, 2.75) is 18.9 Å². The number of nitrogens with zero attached hydrogens (tertiary/aromatic N) is 2. The van der Waals surface area contributed by atoms with E-state index in [-0.39, 0.29) is 0 Å². The third-order valence-corrected chi connectivity index (χ3v) is 5.26. The maximum Gasteiger partial charge on any atom is 0.223 e. The molecule has 3 rings (SSSR count). The van der Waals surface area contributed by atoms with Gasteiger partial charge in [-0.05, 0) is 24.3 Å². The second-order valence-corrected chi connectivity index (χ2v) is 6.93. The van der Waals surface area contributed by atoms with E-state index < -0.39 is 10.8 Å². The highest BCUT2D eigenvalue weighted by Crippen LogP contribution is 2.27. The number of nitrogens with two attached hydrogens (primary N) is 1. The molecule has 2 aromatic rings. The Morgan fingerprint density at radius 2 is 2.17 bits per heavy atom. The molecule has 1 saturated heterocycles. The highest BCUT2D eigenvalue weighted by Gasteiger charge is 2.19. The standard InChI is InChI=1S/C11H14N4OS2/c12-11-14-9(8-1-4-17-10(8)15-11)13-7-2-5-18(16)6-3-7/h1,4,7H,2-3,5-6H2,(H3,12,13,14,15). The van der Waals surface area contributed by atoms with E-state index >= 15 is 0 Å². The SMILES string of the molecule is Nc1nc(NC2CCS(=O)CC2)c2ccsc2n1. The molecular formula is C11H14N4OS2. The third-order valence-electron chi connectivity index (χ3n) is 3.07. The molecular weight excluding hydrogens is 268 g/mol. The molecule has 96 valence electrons. The van der Waals surface area contributed by atoms with Gasteiger partial charge in [-0.2, -0.15) is 4.98 Å². The maximum absolute atomic E-state index is 11.3. The highest BCUT2D eigenvalue weighted by atomic mass is 32.2. The first-order valence-corrected chi connectivity index (χ1v) is 8.21. The van der Waals surface area contributed by atoms with Crippen LogP contribution in [0.1, 0.15) is 12.8 Å². The predicted octanol–water partition coefficient (Wildman–Crippen LogP) is 1.60. The minimum atomic E-state index is -0.638. The fourth-order valence-electron chi connectivity index (χ4n) is 2.11. The van der Waals surface area contributed by atoms with Gasteiger partial charge in [-0.25, -0.2) is 4.98 Å². The van der Waals surface area contributed by atoms with Gasteiger partial charge >= 0.3 is 0 Å². The topological polar surface area (TPSA) is 80.9 Å². The molecule has 0 aromatic carbocycles. The Labute approximate surface area is 111 Å². The average Bonchev–Trinajstić information content (AvgIpc) is 2.80. The molecule has 1 aliphatic rings. The smallest absolute Gasteiger partial charge is 0.223 e. The molecule has 0 bridgehead atoms. The van der Waals surface area contributed by atoms with Crippen molar-refractivity contribution < 1.29 is 4.21 Å². The van der Waals surface area contributed by atoms with Crippen LogP contribution in [0.3, 0.4) is 0 Å². The van der Waals surface area contributed by atoms with Gasteiger partial charge in [0.05, 0.1) is 5.39 Å². The van der Waals surface area contributed by atoms with Crippen LogP contribution in [0.2, 0.25) is 0 Å². The summed E-state index contributed by atoms with van der Waals surface area (Å²) in [5.74, 6) is 2.64. The Kier molecular flexibility index (Phi) is 3.17. The summed E-state index contributed by atoms with van der Waals surface area (Å²) in [5.41, 5.74) is 5.71. The number of fused-ring (bicyclic) bond motifs is 1. The van der Waals surface area contributed by atoms with Crippen LogP contribution in [0.5, 0.6) is 0 Å². The quantitative estimate of drug-likeness (QED) is 0.874. The van der Waals surface area contributed by atoms with Crippen LogP contribution in [0.4, 0.5) is 11.8 Å². The lowest BCUT2D eigenvalue weighted by Gasteiger charge is -2.23. The summed E-state index contributed by atoms with van der Waals surface area (Å²) < 4.78 is 11.3. The number of nitrogen functional groups attached to an aromatic ring is 1. The van der Waals surface area contributed by atoms with Crippen molar-refractivity contribution in [2.75, 3.05) is 22.6 Å². The zero-order chi connectivity index (χ0) is 12.5. The minimum absolute atomic E-state index is 0.298. The molecule has 5 nitrogen and oxygen atoms in total. The highest BCUT2D eigenvalue weighted by molar-refractivity contribution is 7.85. The van der Waals surface area contributed by atoms with Crippen LogP contribution in [0.15, 0.2) is 11.4 Å². The normalized spacial score (nSPS) is 24.2. The fourth-order valence-corrected chi connectivity index (χ4v) is 4.18. The Morgan fingerprint density at radius 1 is 1.39 bits per heavy atom. The van der Waals surface area contributed by atoms with E-state index in [2.05, 4.69) is 15.3 Å². The number of nitrogens with one attached hydrogen (secondary N) is 1. The summed E-state index contributed by atoms with van der Waals surface area (Å²) in [5, 5.41) is 6.41. The Balaban J connectivity index is 1.85. The van der Waals surface area contributed by atoms with Gasteiger partial charge in [-0.15, -0.1) is 11.3 Å². The van der Waals surface area contributed by atoms with Crippen LogP contribution in [-0.2, 0) is 10.8 Å². The Morgan fingerprint density at radius 3 is 2.94 bits per heavy atom. The fraction of sp³-hybridized carbons (Fsp3) is 0.455. The van der Waals surface area contributed by atoms with E-state index in [4.69, 9.17) is 5.73 Å². The monoisotopic (exact) mass is 282 g/mol. The summed E-state index contributed by atoms with van der Waals surface area (Å²) in [6, 6.07) is 2.34. The molecule has 3 heterocycles. The molecule has 3 N–H and O–H groups in total. The summed E-state index contributed by atoms with van der Waals surface area (Å²) in [7, 11) is -0.638. The molecule has 0 unspecified atom stereocenters. The minimum Gasteiger partial charge on any atom is -0.368 e. The molecule has 2 aromatic heterocycles. The molecule has 0 amide bonds. The van der Waals surface area contributed by atoms with Crippen molar-refractivity contribution in [1.29, 1.82) is 0 Å². The number of aromatic nitrogens is 2. The van der Waals surface area contributed by atoms with Gasteiger partial charge in [0.2, 0.25) is 5.95 Å². The Hall–Kier alpha value is -1.21. The van der Waals surface area contributed by atoms with Crippen LogP contribution in [0.25, 0.3) is 10.2 Å². The zero-order valence-electron chi connectivity index (χ0n) is 9.76. The number of rotatable bonds is 2. The van der Waals surface area contributed by atoms with Crippen molar-refractivity contribution in [3.8, 4) is 0 Å². The number of anilines is 2. The number of thiophene rings is 1. The second-order valence-electron chi connectivity index (χ2n) is 4.34. The van der Waals surface area contributed by atoms with Crippen molar-refractivity contribution in [1.82, 2.24) is 9.97 Å². The van der Waals surface area contributed by atoms with Crippen LogP contribution < -0.4 is 11.1 Å². The molecule has 7 heteroatoms. The van der Waals surface area contributed by atoms with Gasteiger partial charge in [0.25, 0.3) is 0 Å². The molecule has 1 fully saturated rings. The molecule has 1 aliphatic heterocycles. The van der Waals surface area contributed by atoms with Gasteiger partial charge < -0.3 is 11.1 Å². The van der Waals surface area contributed by atoms with E-state index in [0.29, 0.717) is 12.0 Å². The third kappa shape index (κ3) is 2.32. The van der Waals surface area contributed by atoms with Crippen LogP contribution >= 0.6 is 11.3 Å². The van der Waals surface area contributed by atoms with E-state index in [1.165, 1.54) is 0 Å². The van der Waals surface area contributed by atoms with Gasteiger partial charge in [0.1, 0.15) is 10.6 Å². The maximum atomic E-state index is 11.3. The molecule has 0 aliphatic carbocycles. The molecule has 0 atom stereocenters. The molecule has 0 saturated carbocycles. The second kappa shape index (κ2) is 4.81. The predicted molar refractivity (Wildman–Crippen MR) is 76.3 cm³/mol. The van der Waals surface area contributed by atoms with Crippen LogP contribution in [-0.4, -0.2) is 31.7 Å². The van der Waals surface area contributed by atoms with Gasteiger partial charge in [-0.3, -0.25) is 4.21 Å². The van der Waals surface area contributed by atoms with E-state index in [9.17, 15) is 4.21 Å². The number of hydrogen-bond acceptors (Lipinski definition) is 6. The lowest BCUT2D eigenvalue weighted by atomic mass is 10.1. The zero-order valence-corrected chi connectivity index (χ0v) is 11.4. The summed E-state index contributed by atoms with van der Waals surface area (Å²) >= 11 is 1.56. The Bertz CT molecular complexity index is 588. The van der Waals surface area contributed by atoms with Crippen molar-refractivity contribution in [2.24, 2.45) is 0 Å². The lowest BCUT2D eigenvalue weighted by Crippen LogP contribution is -2.29. The lowest BCUT2D eigenvalue weighted by molar-refractivity contribution is 0.623. The molecule has 0 radical (unpaired) electrons. The van der Waals surface area contributed by atoms with Gasteiger partial charge in [0.15, 0.2) is 0 Å². The van der Waals surface area contributed by atoms with E-state index in [0.717, 1.165) is 40.4 Å². The first kappa shape index (κ1) is 11.9. The molecule has 18 heavy (non-hydrogen) atoms. The van der Waals surface area contributed by atoms with Crippen molar-refractivity contribution >= 4 is 44.1 Å². The van der Waals surface area contributed by atoms with Crippen molar-refractivity contribution in [3.63, 3.8) is 0 Å². The van der Waals surface area contributed by atoms with E-state index in [1.54, 1.807) is 11.3 Å².